The number of nitrogens with zero attached hydrogens (tertiary/aromatic N) is 2. The van der Waals surface area contributed by atoms with Crippen molar-refractivity contribution in [2.75, 3.05) is 18.4 Å². The van der Waals surface area contributed by atoms with Gasteiger partial charge in [-0.25, -0.2) is 4.98 Å². The van der Waals surface area contributed by atoms with E-state index in [-0.39, 0.29) is 5.56 Å². The Kier molecular flexibility index (Phi) is 4.88. The number of nitrogens with one attached hydrogen (secondary N) is 2. The SMILES string of the molecule is C[C@H]1CCCN(Cc2csc(NC(=O)c3ccc[nH]c3=O)n2)C1. The number of likely N-dealkylation sites (tertiary alicyclic amines) is 1. The lowest BCUT2D eigenvalue weighted by atomic mass is 10.0. The molecule has 1 atom stereocenters. The van der Waals surface area contributed by atoms with E-state index in [1.54, 1.807) is 6.07 Å². The van der Waals surface area contributed by atoms with Gasteiger partial charge in [-0.15, -0.1) is 11.3 Å². The van der Waals surface area contributed by atoms with Crippen molar-refractivity contribution in [3.8, 4) is 0 Å². The van der Waals surface area contributed by atoms with Gasteiger partial charge in [-0.1, -0.05) is 6.92 Å². The van der Waals surface area contributed by atoms with Crippen LogP contribution in [0, 0.1) is 5.92 Å². The first-order valence-electron chi connectivity index (χ1n) is 7.77. The molecule has 1 fully saturated rings. The monoisotopic (exact) mass is 332 g/mol. The standard InChI is InChI=1S/C16H20N4O2S/c1-11-4-3-7-20(8-11)9-12-10-23-16(18-12)19-15(22)13-5-2-6-17-14(13)21/h2,5-6,10-11H,3-4,7-9H2,1H3,(H,17,21)(H,18,19,22)/t11-/m0/s1. The quantitative estimate of drug-likeness (QED) is 0.901. The number of pyridine rings is 1. The van der Waals surface area contributed by atoms with Gasteiger partial charge in [0.05, 0.1) is 5.69 Å². The first kappa shape index (κ1) is 15.9. The van der Waals surface area contributed by atoms with Gasteiger partial charge < -0.3 is 4.98 Å². The Labute approximate surface area is 138 Å². The molecule has 122 valence electrons. The summed E-state index contributed by atoms with van der Waals surface area (Å²) in [6.45, 7) is 5.28. The molecule has 0 radical (unpaired) electrons. The summed E-state index contributed by atoms with van der Waals surface area (Å²) in [5.74, 6) is 0.297. The summed E-state index contributed by atoms with van der Waals surface area (Å²) in [6, 6.07) is 3.12. The maximum Gasteiger partial charge on any atom is 0.263 e. The van der Waals surface area contributed by atoms with Crippen molar-refractivity contribution in [1.82, 2.24) is 14.9 Å². The molecule has 0 bridgehead atoms. The number of aromatic amines is 1. The minimum Gasteiger partial charge on any atom is -0.328 e. The van der Waals surface area contributed by atoms with Crippen LogP contribution >= 0.6 is 11.3 Å². The Hall–Kier alpha value is -1.99. The van der Waals surface area contributed by atoms with E-state index in [0.29, 0.717) is 5.13 Å². The van der Waals surface area contributed by atoms with Crippen molar-refractivity contribution in [2.24, 2.45) is 5.92 Å². The van der Waals surface area contributed by atoms with E-state index in [4.69, 9.17) is 0 Å². The highest BCUT2D eigenvalue weighted by Gasteiger charge is 2.18. The number of carbonyl (C=O) groups is 1. The molecule has 23 heavy (non-hydrogen) atoms. The highest BCUT2D eigenvalue weighted by Crippen LogP contribution is 2.21. The second-order valence-corrected chi connectivity index (χ2v) is 6.85. The summed E-state index contributed by atoms with van der Waals surface area (Å²) in [4.78, 5) is 33.1. The van der Waals surface area contributed by atoms with E-state index >= 15 is 0 Å². The zero-order valence-electron chi connectivity index (χ0n) is 13.0. The molecule has 1 amide bonds. The van der Waals surface area contributed by atoms with Crippen LogP contribution in [-0.4, -0.2) is 33.9 Å². The van der Waals surface area contributed by atoms with Crippen LogP contribution in [0.2, 0.25) is 0 Å². The molecule has 7 heteroatoms. The number of carbonyl (C=O) groups excluding carboxylic acids is 1. The minimum absolute atomic E-state index is 0.0918. The lowest BCUT2D eigenvalue weighted by Gasteiger charge is -2.30. The molecule has 0 saturated carbocycles. The lowest BCUT2D eigenvalue weighted by molar-refractivity contribution is 0.102. The molecule has 0 aliphatic carbocycles. The second kappa shape index (κ2) is 7.06. The van der Waals surface area contributed by atoms with Crippen LogP contribution in [0.15, 0.2) is 28.5 Å². The van der Waals surface area contributed by atoms with Crippen LogP contribution in [0.5, 0.6) is 0 Å². The van der Waals surface area contributed by atoms with Gasteiger partial charge >= 0.3 is 0 Å². The average Bonchev–Trinajstić information content (AvgIpc) is 2.94. The molecule has 1 aliphatic heterocycles. The number of hydrogen-bond acceptors (Lipinski definition) is 5. The van der Waals surface area contributed by atoms with Crippen molar-refractivity contribution in [3.63, 3.8) is 0 Å². The Balaban J connectivity index is 1.62. The topological polar surface area (TPSA) is 78.1 Å². The predicted molar refractivity (Wildman–Crippen MR) is 90.8 cm³/mol. The summed E-state index contributed by atoms with van der Waals surface area (Å²) in [5.41, 5.74) is 0.652. The van der Waals surface area contributed by atoms with Crippen LogP contribution in [0.25, 0.3) is 0 Å². The van der Waals surface area contributed by atoms with Crippen LogP contribution in [-0.2, 0) is 6.54 Å². The van der Waals surface area contributed by atoms with Gasteiger partial charge in [0.2, 0.25) is 0 Å². The summed E-state index contributed by atoms with van der Waals surface area (Å²) in [5, 5.41) is 5.18. The van der Waals surface area contributed by atoms with Crippen molar-refractivity contribution in [2.45, 2.75) is 26.3 Å². The van der Waals surface area contributed by atoms with E-state index in [1.807, 2.05) is 5.38 Å². The van der Waals surface area contributed by atoms with Gasteiger partial charge in [0.25, 0.3) is 11.5 Å². The molecule has 0 unspecified atom stereocenters. The van der Waals surface area contributed by atoms with Gasteiger partial charge in [0.15, 0.2) is 5.13 Å². The third-order valence-corrected chi connectivity index (χ3v) is 4.77. The third kappa shape index (κ3) is 4.05. The Morgan fingerprint density at radius 1 is 1.57 bits per heavy atom. The number of amides is 1. The third-order valence-electron chi connectivity index (χ3n) is 3.96. The van der Waals surface area contributed by atoms with E-state index in [2.05, 4.69) is 27.1 Å². The lowest BCUT2D eigenvalue weighted by Crippen LogP contribution is -2.33. The number of aromatic nitrogens is 2. The maximum absolute atomic E-state index is 12.1. The first-order chi connectivity index (χ1) is 11.1. The number of piperidine rings is 1. The fourth-order valence-electron chi connectivity index (χ4n) is 2.86. The molecule has 1 saturated heterocycles. The first-order valence-corrected chi connectivity index (χ1v) is 8.65. The average molecular weight is 332 g/mol. The molecule has 2 N–H and O–H groups in total. The van der Waals surface area contributed by atoms with Crippen LogP contribution in [0.3, 0.4) is 0 Å². The van der Waals surface area contributed by atoms with Crippen molar-refractivity contribution in [3.05, 3.63) is 45.3 Å². The van der Waals surface area contributed by atoms with Crippen molar-refractivity contribution < 1.29 is 4.79 Å². The molecule has 2 aromatic heterocycles. The van der Waals surface area contributed by atoms with E-state index in [0.717, 1.165) is 31.2 Å². The zero-order chi connectivity index (χ0) is 16.2. The molecular weight excluding hydrogens is 312 g/mol. The summed E-state index contributed by atoms with van der Waals surface area (Å²) in [7, 11) is 0. The molecule has 0 spiro atoms. The summed E-state index contributed by atoms with van der Waals surface area (Å²) >= 11 is 1.39. The normalized spacial score (nSPS) is 18.7. The molecule has 6 nitrogen and oxygen atoms in total. The van der Waals surface area contributed by atoms with Crippen LogP contribution < -0.4 is 10.9 Å². The van der Waals surface area contributed by atoms with Crippen LogP contribution in [0.4, 0.5) is 5.13 Å². The number of hydrogen-bond donors (Lipinski definition) is 2. The molecular formula is C16H20N4O2S. The fourth-order valence-corrected chi connectivity index (χ4v) is 3.56. The fraction of sp³-hybridized carbons (Fsp3) is 0.438. The molecule has 0 aromatic carbocycles. The summed E-state index contributed by atoms with van der Waals surface area (Å²) < 4.78 is 0. The highest BCUT2D eigenvalue weighted by molar-refractivity contribution is 7.13. The maximum atomic E-state index is 12.1. The van der Waals surface area contributed by atoms with Gasteiger partial charge in [-0.05, 0) is 37.4 Å². The van der Waals surface area contributed by atoms with Gasteiger partial charge in [0, 0.05) is 24.7 Å². The molecule has 3 rings (SSSR count). The minimum atomic E-state index is -0.431. The van der Waals surface area contributed by atoms with Gasteiger partial charge in [-0.3, -0.25) is 19.8 Å². The molecule has 2 aromatic rings. The smallest absolute Gasteiger partial charge is 0.263 e. The summed E-state index contributed by atoms with van der Waals surface area (Å²) in [6.07, 6.45) is 4.02. The molecule has 1 aliphatic rings. The number of anilines is 1. The number of thiazole rings is 1. The Morgan fingerprint density at radius 2 is 2.43 bits per heavy atom. The van der Waals surface area contributed by atoms with Crippen molar-refractivity contribution in [1.29, 1.82) is 0 Å². The van der Waals surface area contributed by atoms with E-state index in [9.17, 15) is 9.59 Å². The van der Waals surface area contributed by atoms with E-state index in [1.165, 1.54) is 36.4 Å². The van der Waals surface area contributed by atoms with Gasteiger partial charge in [-0.2, -0.15) is 0 Å². The number of H-pyrrole nitrogens is 1. The van der Waals surface area contributed by atoms with Crippen LogP contribution in [0.1, 0.15) is 35.8 Å². The van der Waals surface area contributed by atoms with Gasteiger partial charge in [0.1, 0.15) is 5.56 Å². The number of rotatable bonds is 4. The molecule has 3 heterocycles. The van der Waals surface area contributed by atoms with E-state index < -0.39 is 11.5 Å². The predicted octanol–water partition coefficient (Wildman–Crippen LogP) is 2.32. The Morgan fingerprint density at radius 3 is 3.22 bits per heavy atom. The largest absolute Gasteiger partial charge is 0.328 e. The Bertz CT molecular complexity index is 739. The highest BCUT2D eigenvalue weighted by atomic mass is 32.1. The zero-order valence-corrected chi connectivity index (χ0v) is 13.9. The second-order valence-electron chi connectivity index (χ2n) is 5.99. The van der Waals surface area contributed by atoms with Crippen molar-refractivity contribution >= 4 is 22.4 Å².